The molecule has 2 aromatic carbocycles. The van der Waals surface area contributed by atoms with Crippen molar-refractivity contribution in [2.45, 2.75) is 32.0 Å². The summed E-state index contributed by atoms with van der Waals surface area (Å²) >= 11 is 0. The fraction of sp³-hybridized carbons (Fsp3) is 0.273. The zero-order valence-corrected chi connectivity index (χ0v) is 16.1. The molecule has 0 fully saturated rings. The lowest BCUT2D eigenvalue weighted by Crippen LogP contribution is -2.36. The van der Waals surface area contributed by atoms with E-state index < -0.39 is 11.7 Å². The number of amides is 1. The Bertz CT molecular complexity index is 1020. The molecule has 0 atom stereocenters. The smallest absolute Gasteiger partial charge is 0.416 e. The van der Waals surface area contributed by atoms with Crippen molar-refractivity contribution in [3.8, 4) is 11.5 Å². The van der Waals surface area contributed by atoms with E-state index in [4.69, 9.17) is 4.74 Å². The quantitative estimate of drug-likeness (QED) is 0.655. The molecule has 1 N–H and O–H groups in total. The van der Waals surface area contributed by atoms with Crippen LogP contribution in [0.2, 0.25) is 0 Å². The van der Waals surface area contributed by atoms with Crippen LogP contribution in [0.4, 0.5) is 13.2 Å². The third-order valence-electron chi connectivity index (χ3n) is 5.15. The van der Waals surface area contributed by atoms with E-state index in [0.717, 1.165) is 29.0 Å². The number of halogens is 3. The van der Waals surface area contributed by atoms with E-state index in [1.165, 1.54) is 12.1 Å². The number of hydrogen-bond acceptors (Lipinski definition) is 3. The van der Waals surface area contributed by atoms with Crippen LogP contribution in [0.3, 0.4) is 0 Å². The molecule has 0 spiro atoms. The largest absolute Gasteiger partial charge is 0.457 e. The number of nitrogens with one attached hydrogen (secondary N) is 1. The molecule has 5 nitrogen and oxygen atoms in total. The van der Waals surface area contributed by atoms with Gasteiger partial charge in [0.1, 0.15) is 11.5 Å². The summed E-state index contributed by atoms with van der Waals surface area (Å²) in [5.41, 5.74) is 2.18. The van der Waals surface area contributed by atoms with Crippen LogP contribution < -0.4 is 4.74 Å². The first-order chi connectivity index (χ1) is 14.4. The van der Waals surface area contributed by atoms with Gasteiger partial charge in [-0.3, -0.25) is 4.79 Å². The average molecular weight is 415 g/mol. The van der Waals surface area contributed by atoms with Crippen molar-refractivity contribution in [3.05, 3.63) is 77.4 Å². The summed E-state index contributed by atoms with van der Waals surface area (Å²) in [5.74, 6) is 1.02. The van der Waals surface area contributed by atoms with Gasteiger partial charge in [0.25, 0.3) is 0 Å². The molecule has 1 amide bonds. The number of aromatic nitrogens is 2. The van der Waals surface area contributed by atoms with Gasteiger partial charge in [-0.15, -0.1) is 0 Å². The fourth-order valence-electron chi connectivity index (χ4n) is 3.54. The lowest BCUT2D eigenvalue weighted by Gasteiger charge is -2.30. The summed E-state index contributed by atoms with van der Waals surface area (Å²) in [4.78, 5) is 21.3. The van der Waals surface area contributed by atoms with E-state index in [-0.39, 0.29) is 5.91 Å². The number of carbonyl (C=O) groups is 1. The molecule has 0 saturated carbocycles. The molecular formula is C22H20F3N3O2. The molecule has 2 heterocycles. The Labute approximate surface area is 171 Å². The molecule has 4 rings (SSSR count). The van der Waals surface area contributed by atoms with Gasteiger partial charge in [0.15, 0.2) is 0 Å². The van der Waals surface area contributed by atoms with Gasteiger partial charge >= 0.3 is 6.18 Å². The zero-order valence-electron chi connectivity index (χ0n) is 16.1. The van der Waals surface area contributed by atoms with E-state index in [1.807, 2.05) is 17.0 Å². The van der Waals surface area contributed by atoms with E-state index in [0.29, 0.717) is 43.9 Å². The van der Waals surface area contributed by atoms with Crippen LogP contribution in [0, 0.1) is 0 Å². The molecule has 3 aromatic rings. The minimum atomic E-state index is -4.38. The van der Waals surface area contributed by atoms with Gasteiger partial charge in [0, 0.05) is 37.0 Å². The molecule has 8 heteroatoms. The number of carbonyl (C=O) groups excluding carboxylic acids is 1. The van der Waals surface area contributed by atoms with Gasteiger partial charge in [-0.25, -0.2) is 4.98 Å². The molecule has 0 radical (unpaired) electrons. The van der Waals surface area contributed by atoms with Crippen LogP contribution >= 0.6 is 0 Å². The number of nitrogens with zero attached hydrogens (tertiary/aromatic N) is 2. The normalized spacial score (nSPS) is 13.8. The summed E-state index contributed by atoms with van der Waals surface area (Å²) in [6.07, 6.45) is 0.567. The minimum absolute atomic E-state index is 0.0734. The van der Waals surface area contributed by atoms with Gasteiger partial charge in [-0.2, -0.15) is 13.2 Å². The van der Waals surface area contributed by atoms with Gasteiger partial charge < -0.3 is 14.6 Å². The van der Waals surface area contributed by atoms with E-state index in [1.54, 1.807) is 18.6 Å². The molecule has 0 bridgehead atoms. The van der Waals surface area contributed by atoms with Crippen molar-refractivity contribution < 1.29 is 22.7 Å². The van der Waals surface area contributed by atoms with Crippen molar-refractivity contribution in [1.82, 2.24) is 14.9 Å². The first-order valence-electron chi connectivity index (χ1n) is 9.61. The molecule has 1 aromatic heterocycles. The number of rotatable bonds is 5. The number of hydrogen-bond donors (Lipinski definition) is 1. The van der Waals surface area contributed by atoms with Crippen LogP contribution in [-0.2, 0) is 30.4 Å². The maximum atomic E-state index is 12.7. The number of alkyl halides is 3. The Balaban J connectivity index is 1.43. The first-order valence-corrected chi connectivity index (χ1v) is 9.61. The SMILES string of the molecule is O=C(CCc1cnc[nH]1)N1CCc2c(cccc2Oc2ccc(C(F)(F)F)cc2)C1. The van der Waals surface area contributed by atoms with Gasteiger partial charge in [-0.1, -0.05) is 12.1 Å². The zero-order chi connectivity index (χ0) is 21.1. The van der Waals surface area contributed by atoms with Crippen LogP contribution in [-0.4, -0.2) is 27.3 Å². The van der Waals surface area contributed by atoms with Gasteiger partial charge in [0.2, 0.25) is 5.91 Å². The Hall–Kier alpha value is -3.29. The molecule has 0 aliphatic carbocycles. The number of imidazole rings is 1. The van der Waals surface area contributed by atoms with E-state index >= 15 is 0 Å². The standard InChI is InChI=1S/C22H20F3N3O2/c23-22(24,25)16-4-7-18(8-5-16)30-20-3-1-2-15-13-28(11-10-19(15)20)21(29)9-6-17-12-26-14-27-17/h1-5,7-8,12,14H,6,9-11,13H2,(H,26,27). The highest BCUT2D eigenvalue weighted by molar-refractivity contribution is 5.76. The molecule has 0 unspecified atom stereocenters. The lowest BCUT2D eigenvalue weighted by atomic mass is 9.98. The van der Waals surface area contributed by atoms with Crippen LogP contribution in [0.15, 0.2) is 55.0 Å². The van der Waals surface area contributed by atoms with Crippen LogP contribution in [0.1, 0.15) is 28.8 Å². The Kier molecular flexibility index (Phi) is 5.48. The predicted molar refractivity (Wildman–Crippen MR) is 104 cm³/mol. The highest BCUT2D eigenvalue weighted by atomic mass is 19.4. The highest BCUT2D eigenvalue weighted by Crippen LogP contribution is 2.34. The second-order valence-corrected chi connectivity index (χ2v) is 7.16. The van der Waals surface area contributed by atoms with Crippen molar-refractivity contribution in [3.63, 3.8) is 0 Å². The second kappa shape index (κ2) is 8.22. The maximum absolute atomic E-state index is 12.7. The fourth-order valence-corrected chi connectivity index (χ4v) is 3.54. The summed E-state index contributed by atoms with van der Waals surface area (Å²) in [6.45, 7) is 1.06. The molecular weight excluding hydrogens is 395 g/mol. The Morgan fingerprint density at radius 3 is 2.67 bits per heavy atom. The molecule has 30 heavy (non-hydrogen) atoms. The number of aryl methyl sites for hydroxylation is 1. The Morgan fingerprint density at radius 1 is 1.17 bits per heavy atom. The number of H-pyrrole nitrogens is 1. The molecule has 1 aliphatic rings. The van der Waals surface area contributed by atoms with Crippen molar-refractivity contribution in [2.24, 2.45) is 0 Å². The number of ether oxygens (including phenoxy) is 1. The van der Waals surface area contributed by atoms with E-state index in [9.17, 15) is 18.0 Å². The average Bonchev–Trinajstić information content (AvgIpc) is 3.25. The topological polar surface area (TPSA) is 58.2 Å². The lowest BCUT2D eigenvalue weighted by molar-refractivity contribution is -0.137. The van der Waals surface area contributed by atoms with Gasteiger partial charge in [0.05, 0.1) is 11.9 Å². The van der Waals surface area contributed by atoms with Gasteiger partial charge in [-0.05, 0) is 48.7 Å². The van der Waals surface area contributed by atoms with Crippen molar-refractivity contribution >= 4 is 5.91 Å². The first kappa shape index (κ1) is 20.0. The Morgan fingerprint density at radius 2 is 1.97 bits per heavy atom. The molecule has 156 valence electrons. The summed E-state index contributed by atoms with van der Waals surface area (Å²) in [5, 5.41) is 0. The third-order valence-corrected chi connectivity index (χ3v) is 5.15. The van der Waals surface area contributed by atoms with Crippen molar-refractivity contribution in [1.29, 1.82) is 0 Å². The second-order valence-electron chi connectivity index (χ2n) is 7.16. The van der Waals surface area contributed by atoms with Crippen LogP contribution in [0.5, 0.6) is 11.5 Å². The summed E-state index contributed by atoms with van der Waals surface area (Å²) in [7, 11) is 0. The molecule has 0 saturated heterocycles. The number of aromatic amines is 1. The number of fused-ring (bicyclic) bond motifs is 1. The summed E-state index contributed by atoms with van der Waals surface area (Å²) < 4.78 is 44.0. The molecule has 1 aliphatic heterocycles. The van der Waals surface area contributed by atoms with Crippen molar-refractivity contribution in [2.75, 3.05) is 6.54 Å². The van der Waals surface area contributed by atoms with E-state index in [2.05, 4.69) is 9.97 Å². The number of benzene rings is 2. The minimum Gasteiger partial charge on any atom is -0.457 e. The highest BCUT2D eigenvalue weighted by Gasteiger charge is 2.30. The monoisotopic (exact) mass is 415 g/mol. The third kappa shape index (κ3) is 4.48. The van der Waals surface area contributed by atoms with Crippen LogP contribution in [0.25, 0.3) is 0 Å². The summed E-state index contributed by atoms with van der Waals surface area (Å²) in [6, 6.07) is 10.2. The maximum Gasteiger partial charge on any atom is 0.416 e. The predicted octanol–water partition coefficient (Wildman–Crippen LogP) is 4.74.